The van der Waals surface area contributed by atoms with Gasteiger partial charge in [0, 0.05) is 31.5 Å². The van der Waals surface area contributed by atoms with Crippen molar-refractivity contribution >= 4 is 19.1 Å². The number of benzene rings is 1. The van der Waals surface area contributed by atoms with Crippen LogP contribution in [0.5, 0.6) is 0 Å². The van der Waals surface area contributed by atoms with Crippen LogP contribution in [0, 0.1) is 10.1 Å². The molecule has 1 aromatic rings. The maximum atomic E-state index is 11.6. The third-order valence-corrected chi connectivity index (χ3v) is 3.42. The first-order valence-corrected chi connectivity index (χ1v) is 6.90. The summed E-state index contributed by atoms with van der Waals surface area (Å²) in [6.45, 7) is 0.843. The van der Waals surface area contributed by atoms with Gasteiger partial charge in [0.15, 0.2) is 5.78 Å². The van der Waals surface area contributed by atoms with Crippen molar-refractivity contribution in [3.8, 4) is 0 Å². The molecule has 0 radical (unpaired) electrons. The minimum absolute atomic E-state index is 0.106. The van der Waals surface area contributed by atoms with E-state index in [2.05, 4.69) is 4.52 Å². The number of carbonyl (C=O) groups excluding carboxylic acids is 1. The van der Waals surface area contributed by atoms with Crippen LogP contribution in [0.4, 0.5) is 5.69 Å². The molecule has 0 aliphatic carbocycles. The van der Waals surface area contributed by atoms with Crippen molar-refractivity contribution < 1.29 is 23.3 Å². The predicted molar refractivity (Wildman–Crippen MR) is 63.9 cm³/mol. The van der Waals surface area contributed by atoms with Crippen molar-refractivity contribution in [2.24, 2.45) is 0 Å². The first-order valence-electron chi connectivity index (χ1n) is 4.91. The molecular weight excluding hydrogens is 261 g/mol. The van der Waals surface area contributed by atoms with E-state index in [1.165, 1.54) is 38.0 Å². The number of non-ortho nitro benzene ring substituents is 1. The lowest BCUT2D eigenvalue weighted by Crippen LogP contribution is -2.08. The average molecular weight is 273 g/mol. The van der Waals surface area contributed by atoms with Gasteiger partial charge in [-0.1, -0.05) is 0 Å². The van der Waals surface area contributed by atoms with E-state index in [1.54, 1.807) is 0 Å². The molecule has 0 N–H and O–H groups in total. The van der Waals surface area contributed by atoms with Crippen LogP contribution in [-0.4, -0.2) is 31.1 Å². The van der Waals surface area contributed by atoms with Gasteiger partial charge >= 0.3 is 7.60 Å². The molecule has 0 aliphatic rings. The standard InChI is InChI=1S/C10H12NO6P/c1-16-18(2,15)17-7-10(12)8-3-5-9(6-4-8)11(13)14/h3-6H,7H2,1-2H3. The molecule has 7 nitrogen and oxygen atoms in total. The van der Waals surface area contributed by atoms with Crippen LogP contribution in [0.1, 0.15) is 10.4 Å². The Balaban J connectivity index is 2.68. The number of Topliss-reactive ketones (excluding diaryl/α,β-unsaturated/α-hetero) is 1. The van der Waals surface area contributed by atoms with Crippen molar-refractivity contribution in [3.05, 3.63) is 39.9 Å². The number of hydrogen-bond donors (Lipinski definition) is 0. The zero-order chi connectivity index (χ0) is 13.8. The second kappa shape index (κ2) is 5.86. The van der Waals surface area contributed by atoms with E-state index in [1.807, 2.05) is 0 Å². The highest BCUT2D eigenvalue weighted by molar-refractivity contribution is 7.52. The van der Waals surface area contributed by atoms with Crippen molar-refractivity contribution in [2.45, 2.75) is 0 Å². The molecule has 0 aliphatic heterocycles. The van der Waals surface area contributed by atoms with Crippen molar-refractivity contribution in [1.82, 2.24) is 0 Å². The molecule has 1 aromatic carbocycles. The average Bonchev–Trinajstić information content (AvgIpc) is 2.36. The van der Waals surface area contributed by atoms with Gasteiger partial charge in [-0.15, -0.1) is 0 Å². The number of nitro benzene ring substituents is 1. The monoisotopic (exact) mass is 273 g/mol. The normalized spacial score (nSPS) is 13.9. The zero-order valence-electron chi connectivity index (χ0n) is 9.86. The quantitative estimate of drug-likeness (QED) is 0.341. The maximum absolute atomic E-state index is 11.6. The number of rotatable bonds is 6. The maximum Gasteiger partial charge on any atom is 0.327 e. The molecule has 0 aromatic heterocycles. The van der Waals surface area contributed by atoms with Crippen molar-refractivity contribution in [3.63, 3.8) is 0 Å². The highest BCUT2D eigenvalue weighted by atomic mass is 31.2. The van der Waals surface area contributed by atoms with Gasteiger partial charge in [-0.3, -0.25) is 19.5 Å². The van der Waals surface area contributed by atoms with Crippen LogP contribution in [0.15, 0.2) is 24.3 Å². The molecule has 0 bridgehead atoms. The largest absolute Gasteiger partial charge is 0.327 e. The molecule has 98 valence electrons. The SMILES string of the molecule is COP(C)(=O)OCC(=O)c1ccc([N+](=O)[O-])cc1. The molecule has 0 saturated heterocycles. The van der Waals surface area contributed by atoms with Crippen LogP contribution in [0.25, 0.3) is 0 Å². The fourth-order valence-electron chi connectivity index (χ4n) is 1.08. The summed E-state index contributed by atoms with van der Waals surface area (Å²) in [7, 11) is -1.98. The summed E-state index contributed by atoms with van der Waals surface area (Å²) in [5.41, 5.74) is 0.141. The first-order chi connectivity index (χ1) is 8.35. The van der Waals surface area contributed by atoms with E-state index in [0.29, 0.717) is 0 Å². The summed E-state index contributed by atoms with van der Waals surface area (Å²) >= 11 is 0. The number of nitrogens with zero attached hydrogens (tertiary/aromatic N) is 1. The van der Waals surface area contributed by atoms with E-state index in [9.17, 15) is 19.5 Å². The molecular formula is C10H12NO6P. The Morgan fingerprint density at radius 2 is 1.94 bits per heavy atom. The topological polar surface area (TPSA) is 95.7 Å². The molecule has 0 spiro atoms. The van der Waals surface area contributed by atoms with Crippen LogP contribution in [0.2, 0.25) is 0 Å². The van der Waals surface area contributed by atoms with Gasteiger partial charge in [0.1, 0.15) is 6.61 Å². The zero-order valence-corrected chi connectivity index (χ0v) is 10.8. The fourth-order valence-corrected chi connectivity index (χ4v) is 1.54. The number of carbonyl (C=O) groups is 1. The summed E-state index contributed by atoms with van der Waals surface area (Å²) in [5.74, 6) is -0.427. The molecule has 18 heavy (non-hydrogen) atoms. The molecule has 0 heterocycles. The van der Waals surface area contributed by atoms with E-state index >= 15 is 0 Å². The fraction of sp³-hybridized carbons (Fsp3) is 0.300. The minimum Gasteiger partial charge on any atom is -0.312 e. The van der Waals surface area contributed by atoms with Crippen LogP contribution in [0.3, 0.4) is 0 Å². The Hall–Kier alpha value is -1.56. The summed E-state index contributed by atoms with van der Waals surface area (Å²) in [5, 5.41) is 10.4. The van der Waals surface area contributed by atoms with Crippen LogP contribution < -0.4 is 0 Å². The summed E-state index contributed by atoms with van der Waals surface area (Å²) in [4.78, 5) is 21.5. The van der Waals surface area contributed by atoms with Crippen molar-refractivity contribution in [1.29, 1.82) is 0 Å². The van der Waals surface area contributed by atoms with Crippen molar-refractivity contribution in [2.75, 3.05) is 20.4 Å². The van der Waals surface area contributed by atoms with Gasteiger partial charge in [0.25, 0.3) is 5.69 Å². The first kappa shape index (κ1) is 14.5. The lowest BCUT2D eigenvalue weighted by Gasteiger charge is -2.10. The molecule has 0 fully saturated rings. The Morgan fingerprint density at radius 3 is 2.39 bits per heavy atom. The highest BCUT2D eigenvalue weighted by Crippen LogP contribution is 2.42. The summed E-state index contributed by atoms with van der Waals surface area (Å²) in [6.07, 6.45) is 0. The molecule has 0 amide bonds. The number of ketones is 1. The lowest BCUT2D eigenvalue weighted by molar-refractivity contribution is -0.384. The van der Waals surface area contributed by atoms with E-state index in [4.69, 9.17) is 4.52 Å². The summed E-state index contributed by atoms with van der Waals surface area (Å²) < 4.78 is 20.8. The van der Waals surface area contributed by atoms with E-state index in [0.717, 1.165) is 0 Å². The van der Waals surface area contributed by atoms with Gasteiger partial charge in [0.2, 0.25) is 0 Å². The molecule has 1 unspecified atom stereocenters. The predicted octanol–water partition coefficient (Wildman–Crippen LogP) is 2.26. The summed E-state index contributed by atoms with van der Waals surface area (Å²) in [6, 6.07) is 5.07. The van der Waals surface area contributed by atoms with Gasteiger partial charge < -0.3 is 9.05 Å². The molecule has 1 atom stereocenters. The molecule has 8 heteroatoms. The Morgan fingerprint density at radius 1 is 1.39 bits per heavy atom. The van der Waals surface area contributed by atoms with E-state index < -0.39 is 24.9 Å². The van der Waals surface area contributed by atoms with Gasteiger partial charge in [-0.2, -0.15) is 0 Å². The lowest BCUT2D eigenvalue weighted by atomic mass is 10.1. The number of hydrogen-bond acceptors (Lipinski definition) is 6. The van der Waals surface area contributed by atoms with Gasteiger partial charge in [-0.25, -0.2) is 0 Å². The Labute approximate surface area is 103 Å². The Kier molecular flexibility index (Phi) is 4.72. The second-order valence-corrected chi connectivity index (χ2v) is 5.62. The Bertz CT molecular complexity index is 498. The smallest absolute Gasteiger partial charge is 0.312 e. The third kappa shape index (κ3) is 4.03. The minimum atomic E-state index is -3.20. The van der Waals surface area contributed by atoms with E-state index in [-0.39, 0.29) is 11.3 Å². The molecule has 0 saturated carbocycles. The van der Waals surface area contributed by atoms with Crippen LogP contribution >= 0.6 is 7.60 Å². The second-order valence-electron chi connectivity index (χ2n) is 3.45. The van der Waals surface area contributed by atoms with Crippen LogP contribution in [-0.2, 0) is 13.6 Å². The highest BCUT2D eigenvalue weighted by Gasteiger charge is 2.17. The number of nitro groups is 1. The molecule has 1 rings (SSSR count). The third-order valence-electron chi connectivity index (χ3n) is 2.16. The van der Waals surface area contributed by atoms with Gasteiger partial charge in [0.05, 0.1) is 4.92 Å². The van der Waals surface area contributed by atoms with Gasteiger partial charge in [-0.05, 0) is 12.1 Å².